The van der Waals surface area contributed by atoms with Crippen molar-refractivity contribution >= 4 is 16.8 Å². The molecule has 0 aromatic carbocycles. The summed E-state index contributed by atoms with van der Waals surface area (Å²) in [6.45, 7) is 9.72. The summed E-state index contributed by atoms with van der Waals surface area (Å²) < 4.78 is 12.1. The molecule has 0 aromatic heterocycles. The van der Waals surface area contributed by atoms with Crippen LogP contribution in [0.1, 0.15) is 65.2 Å². The van der Waals surface area contributed by atoms with Crippen molar-refractivity contribution in [1.29, 1.82) is 0 Å². The van der Waals surface area contributed by atoms with E-state index in [-0.39, 0.29) is 0 Å². The van der Waals surface area contributed by atoms with E-state index in [1.54, 1.807) is 0 Å². The molecule has 0 spiro atoms. The number of likely N-dealkylation sites (tertiary alicyclic amines) is 1. The fraction of sp³-hybridized carbons (Fsp3) is 0.947. The van der Waals surface area contributed by atoms with Gasteiger partial charge in [-0.1, -0.05) is 13.3 Å². The lowest BCUT2D eigenvalue weighted by atomic mass is 9.95. The summed E-state index contributed by atoms with van der Waals surface area (Å²) in [6, 6.07) is 0.414. The highest BCUT2D eigenvalue weighted by molar-refractivity contribution is 7.85. The first-order valence-electron chi connectivity index (χ1n) is 10.4. The van der Waals surface area contributed by atoms with Gasteiger partial charge in [0.05, 0.1) is 0 Å². The molecule has 0 bridgehead atoms. The Bertz CT molecular complexity index is 424. The predicted molar refractivity (Wildman–Crippen MR) is 109 cm³/mol. The highest BCUT2D eigenvalue weighted by atomic mass is 32.2. The number of rotatable bonds is 9. The molecule has 1 saturated heterocycles. The van der Waals surface area contributed by atoms with E-state index < -0.39 is 10.8 Å². The van der Waals surface area contributed by atoms with E-state index in [0.29, 0.717) is 11.3 Å². The highest BCUT2D eigenvalue weighted by Crippen LogP contribution is 2.23. The third-order valence-corrected chi connectivity index (χ3v) is 7.06. The molecule has 0 radical (unpaired) electrons. The molecule has 5 nitrogen and oxygen atoms in total. The quantitative estimate of drug-likeness (QED) is 0.372. The van der Waals surface area contributed by atoms with Crippen molar-refractivity contribution in [3.8, 4) is 0 Å². The second kappa shape index (κ2) is 11.9. The van der Waals surface area contributed by atoms with E-state index in [9.17, 15) is 4.21 Å². The Balaban J connectivity index is 1.71. The number of aliphatic imine (C=N–C) groups is 1. The van der Waals surface area contributed by atoms with Gasteiger partial charge in [0.1, 0.15) is 0 Å². The van der Waals surface area contributed by atoms with E-state index in [1.165, 1.54) is 45.3 Å². The van der Waals surface area contributed by atoms with Gasteiger partial charge >= 0.3 is 0 Å². The van der Waals surface area contributed by atoms with E-state index in [2.05, 4.69) is 22.5 Å². The second-order valence-electron chi connectivity index (χ2n) is 7.32. The predicted octanol–water partition coefficient (Wildman–Crippen LogP) is 2.50. The minimum absolute atomic E-state index is 0.361. The highest BCUT2D eigenvalue weighted by Gasteiger charge is 2.26. The second-order valence-corrected chi connectivity index (χ2v) is 9.32. The SMILES string of the molecule is CCNC(=NCCCCN1CCCC1)NC1CCCC(S(=O)CC)C1. The molecule has 2 N–H and O–H groups in total. The van der Waals surface area contributed by atoms with Crippen LogP contribution in [0, 0.1) is 0 Å². The molecule has 25 heavy (non-hydrogen) atoms. The van der Waals surface area contributed by atoms with Crippen LogP contribution >= 0.6 is 0 Å². The van der Waals surface area contributed by atoms with Crippen LogP contribution in [0.15, 0.2) is 4.99 Å². The van der Waals surface area contributed by atoms with E-state index in [1.807, 2.05) is 6.92 Å². The fourth-order valence-corrected chi connectivity index (χ4v) is 5.26. The number of unbranched alkanes of at least 4 members (excludes halogenated alkanes) is 1. The number of nitrogens with zero attached hydrogens (tertiary/aromatic N) is 2. The first-order valence-corrected chi connectivity index (χ1v) is 11.8. The number of nitrogens with one attached hydrogen (secondary N) is 2. The van der Waals surface area contributed by atoms with Crippen LogP contribution in [0.3, 0.4) is 0 Å². The van der Waals surface area contributed by atoms with Gasteiger partial charge in [-0.3, -0.25) is 9.20 Å². The summed E-state index contributed by atoms with van der Waals surface area (Å²) in [5.41, 5.74) is 0. The molecule has 3 atom stereocenters. The zero-order chi connectivity index (χ0) is 17.9. The number of guanidine groups is 1. The van der Waals surface area contributed by atoms with Gasteiger partial charge in [-0.25, -0.2) is 0 Å². The first-order chi connectivity index (χ1) is 12.2. The van der Waals surface area contributed by atoms with Crippen molar-refractivity contribution in [2.75, 3.05) is 38.5 Å². The molecule has 3 unspecified atom stereocenters. The summed E-state index contributed by atoms with van der Waals surface area (Å²) in [7, 11) is -0.667. The molecule has 2 rings (SSSR count). The average Bonchev–Trinajstić information content (AvgIpc) is 3.14. The van der Waals surface area contributed by atoms with Crippen LogP contribution in [0.2, 0.25) is 0 Å². The van der Waals surface area contributed by atoms with Crippen LogP contribution in [0.25, 0.3) is 0 Å². The zero-order valence-corrected chi connectivity index (χ0v) is 17.1. The maximum atomic E-state index is 12.1. The standard InChI is InChI=1S/C19H38N4OS/c1-3-20-19(21-12-5-6-13-23-14-7-8-15-23)22-17-10-9-11-18(16-17)25(24)4-2/h17-18H,3-16H2,1-2H3,(H2,20,21,22). The average molecular weight is 371 g/mol. The van der Waals surface area contributed by atoms with Crippen LogP contribution in [-0.4, -0.2) is 64.8 Å². The lowest BCUT2D eigenvalue weighted by Crippen LogP contribution is -2.46. The van der Waals surface area contributed by atoms with Gasteiger partial charge in [-0.05, 0) is 71.5 Å². The molecule has 0 amide bonds. The summed E-state index contributed by atoms with van der Waals surface area (Å²) in [5.74, 6) is 1.72. The Hall–Kier alpha value is -0.620. The summed E-state index contributed by atoms with van der Waals surface area (Å²) in [6.07, 6.45) is 9.60. The van der Waals surface area contributed by atoms with Crippen molar-refractivity contribution < 1.29 is 4.21 Å². The maximum absolute atomic E-state index is 12.1. The number of hydrogen-bond acceptors (Lipinski definition) is 3. The van der Waals surface area contributed by atoms with Crippen molar-refractivity contribution in [2.24, 2.45) is 4.99 Å². The normalized spacial score (nSPS) is 26.6. The van der Waals surface area contributed by atoms with E-state index >= 15 is 0 Å². The Morgan fingerprint density at radius 1 is 1.16 bits per heavy atom. The van der Waals surface area contributed by atoms with E-state index in [0.717, 1.165) is 50.5 Å². The van der Waals surface area contributed by atoms with Crippen molar-refractivity contribution in [2.45, 2.75) is 76.5 Å². The maximum Gasteiger partial charge on any atom is 0.191 e. The molecule has 6 heteroatoms. The van der Waals surface area contributed by atoms with Crippen LogP contribution < -0.4 is 10.6 Å². The monoisotopic (exact) mass is 370 g/mol. The smallest absolute Gasteiger partial charge is 0.191 e. The Morgan fingerprint density at radius 3 is 2.68 bits per heavy atom. The van der Waals surface area contributed by atoms with Gasteiger partial charge in [0.15, 0.2) is 5.96 Å². The molecule has 0 aromatic rings. The van der Waals surface area contributed by atoms with Gasteiger partial charge in [0.2, 0.25) is 0 Å². The van der Waals surface area contributed by atoms with Crippen molar-refractivity contribution in [1.82, 2.24) is 15.5 Å². The molecular formula is C19H38N4OS. The molecule has 1 saturated carbocycles. The van der Waals surface area contributed by atoms with Crippen LogP contribution in [0.5, 0.6) is 0 Å². The summed E-state index contributed by atoms with van der Waals surface area (Å²) in [4.78, 5) is 7.33. The van der Waals surface area contributed by atoms with Gasteiger partial charge in [0, 0.05) is 40.9 Å². The van der Waals surface area contributed by atoms with Crippen molar-refractivity contribution in [3.63, 3.8) is 0 Å². The minimum atomic E-state index is -0.667. The lowest BCUT2D eigenvalue weighted by molar-refractivity contribution is 0.331. The summed E-state index contributed by atoms with van der Waals surface area (Å²) in [5, 5.41) is 7.33. The molecule has 146 valence electrons. The lowest BCUT2D eigenvalue weighted by Gasteiger charge is -2.30. The Kier molecular flexibility index (Phi) is 9.84. The molecule has 2 aliphatic rings. The van der Waals surface area contributed by atoms with E-state index in [4.69, 9.17) is 4.99 Å². The third-order valence-electron chi connectivity index (χ3n) is 5.32. The Morgan fingerprint density at radius 2 is 1.96 bits per heavy atom. The summed E-state index contributed by atoms with van der Waals surface area (Å²) >= 11 is 0. The van der Waals surface area contributed by atoms with Crippen molar-refractivity contribution in [3.05, 3.63) is 0 Å². The van der Waals surface area contributed by atoms with Gasteiger partial charge in [0.25, 0.3) is 0 Å². The van der Waals surface area contributed by atoms with Crippen LogP contribution in [0.4, 0.5) is 0 Å². The largest absolute Gasteiger partial charge is 0.357 e. The first kappa shape index (κ1) is 20.7. The topological polar surface area (TPSA) is 56.7 Å². The molecule has 1 aliphatic carbocycles. The molecule has 1 heterocycles. The molecular weight excluding hydrogens is 332 g/mol. The number of hydrogen-bond donors (Lipinski definition) is 2. The van der Waals surface area contributed by atoms with Gasteiger partial charge in [-0.15, -0.1) is 0 Å². The molecule has 2 fully saturated rings. The fourth-order valence-electron chi connectivity index (χ4n) is 3.91. The minimum Gasteiger partial charge on any atom is -0.357 e. The van der Waals surface area contributed by atoms with Crippen LogP contribution in [-0.2, 0) is 10.8 Å². The van der Waals surface area contributed by atoms with Gasteiger partial charge in [-0.2, -0.15) is 0 Å². The zero-order valence-electron chi connectivity index (χ0n) is 16.3. The third kappa shape index (κ3) is 7.65. The Labute approximate surface area is 156 Å². The molecule has 1 aliphatic heterocycles. The van der Waals surface area contributed by atoms with Gasteiger partial charge < -0.3 is 15.5 Å².